The summed E-state index contributed by atoms with van der Waals surface area (Å²) in [6.07, 6.45) is 0.430. The van der Waals surface area contributed by atoms with Crippen LogP contribution in [0, 0.1) is 0 Å². The molecule has 4 nitrogen and oxygen atoms in total. The average Bonchev–Trinajstić information content (AvgIpc) is 3.20. The third-order valence-corrected chi connectivity index (χ3v) is 6.26. The maximum atomic E-state index is 13.4. The topological polar surface area (TPSA) is 66.6 Å². The van der Waals surface area contributed by atoms with Crippen LogP contribution in [0.25, 0.3) is 0 Å². The van der Waals surface area contributed by atoms with E-state index in [2.05, 4.69) is 17.0 Å². The van der Waals surface area contributed by atoms with Crippen LogP contribution in [0.5, 0.6) is 0 Å². The average molecular weight is 401 g/mol. The molecule has 4 rings (SSSR count). The molecule has 0 saturated carbocycles. The zero-order valence-corrected chi connectivity index (χ0v) is 17.0. The van der Waals surface area contributed by atoms with Gasteiger partial charge in [0.15, 0.2) is 0 Å². The molecule has 154 valence electrons. The van der Waals surface area contributed by atoms with Crippen molar-refractivity contribution in [2.24, 2.45) is 5.73 Å². The minimum absolute atomic E-state index is 0.203. The number of rotatable bonds is 7. The number of aliphatic hydroxyl groups excluding tert-OH is 1. The Balaban J connectivity index is 1.94. The number of β-amino-alcohol motifs (C(OH)–C–C–N with tert-alkyl or cyclic N) is 1. The van der Waals surface area contributed by atoms with Crippen molar-refractivity contribution in [2.75, 3.05) is 19.6 Å². The first-order valence-corrected chi connectivity index (χ1v) is 10.5. The monoisotopic (exact) mass is 400 g/mol. The molecule has 2 atom stereocenters. The lowest BCUT2D eigenvalue weighted by Crippen LogP contribution is -2.50. The molecule has 1 amide bonds. The summed E-state index contributed by atoms with van der Waals surface area (Å²) < 4.78 is 0. The van der Waals surface area contributed by atoms with E-state index in [4.69, 9.17) is 5.73 Å². The molecular weight excluding hydrogens is 372 g/mol. The highest BCUT2D eigenvalue weighted by Crippen LogP contribution is 2.45. The second kappa shape index (κ2) is 8.82. The van der Waals surface area contributed by atoms with Crippen molar-refractivity contribution in [3.8, 4) is 0 Å². The van der Waals surface area contributed by atoms with Gasteiger partial charge >= 0.3 is 0 Å². The van der Waals surface area contributed by atoms with E-state index in [1.807, 2.05) is 78.9 Å². The minimum atomic E-state index is -1.03. The summed E-state index contributed by atoms with van der Waals surface area (Å²) in [6.45, 7) is 2.05. The zero-order valence-electron chi connectivity index (χ0n) is 17.0. The highest BCUT2D eigenvalue weighted by atomic mass is 16.3. The quantitative estimate of drug-likeness (QED) is 0.639. The molecule has 3 aromatic rings. The molecule has 0 aliphatic carbocycles. The number of aliphatic hydroxyl groups is 1. The fraction of sp³-hybridized carbons (Fsp3) is 0.269. The Labute approximate surface area is 178 Å². The van der Waals surface area contributed by atoms with Crippen LogP contribution in [-0.4, -0.2) is 41.7 Å². The van der Waals surface area contributed by atoms with Crippen LogP contribution in [0.1, 0.15) is 29.0 Å². The van der Waals surface area contributed by atoms with Crippen LogP contribution < -0.4 is 5.73 Å². The predicted molar refractivity (Wildman–Crippen MR) is 119 cm³/mol. The Bertz CT molecular complexity index is 921. The van der Waals surface area contributed by atoms with Crippen LogP contribution in [0.4, 0.5) is 0 Å². The highest BCUT2D eigenvalue weighted by Gasteiger charge is 2.48. The van der Waals surface area contributed by atoms with Gasteiger partial charge in [0.25, 0.3) is 0 Å². The Hall–Kier alpha value is -2.95. The maximum absolute atomic E-state index is 13.4. The van der Waals surface area contributed by atoms with Crippen molar-refractivity contribution in [2.45, 2.75) is 23.9 Å². The van der Waals surface area contributed by atoms with Crippen LogP contribution in [0.2, 0.25) is 0 Å². The molecular formula is C26H28N2O2. The normalized spacial score (nSPS) is 18.2. The molecule has 0 unspecified atom stereocenters. The number of nitrogens with two attached hydrogens (primary N) is 1. The Kier molecular flexibility index (Phi) is 5.98. The molecule has 1 fully saturated rings. The highest BCUT2D eigenvalue weighted by molar-refractivity contribution is 5.92. The van der Waals surface area contributed by atoms with Gasteiger partial charge in [-0.2, -0.15) is 0 Å². The summed E-state index contributed by atoms with van der Waals surface area (Å²) in [5, 5.41) is 10.1. The number of hydrogen-bond donors (Lipinski definition) is 2. The van der Waals surface area contributed by atoms with Gasteiger partial charge in [-0.25, -0.2) is 0 Å². The van der Waals surface area contributed by atoms with Crippen molar-refractivity contribution >= 4 is 5.91 Å². The lowest BCUT2D eigenvalue weighted by molar-refractivity contribution is -0.123. The molecule has 3 N–H and O–H groups in total. The van der Waals surface area contributed by atoms with Crippen molar-refractivity contribution in [1.29, 1.82) is 0 Å². The molecule has 4 heteroatoms. The van der Waals surface area contributed by atoms with Gasteiger partial charge in [-0.05, 0) is 23.1 Å². The fourth-order valence-corrected chi connectivity index (χ4v) is 4.84. The predicted octanol–water partition coefficient (Wildman–Crippen LogP) is 3.31. The van der Waals surface area contributed by atoms with Gasteiger partial charge in [0.05, 0.1) is 6.10 Å². The lowest BCUT2D eigenvalue weighted by atomic mass is 9.62. The molecule has 0 bridgehead atoms. The van der Waals surface area contributed by atoms with E-state index in [-0.39, 0.29) is 17.9 Å². The van der Waals surface area contributed by atoms with Crippen molar-refractivity contribution in [1.82, 2.24) is 4.90 Å². The first kappa shape index (κ1) is 20.3. The number of benzene rings is 3. The Morgan fingerprint density at radius 2 is 1.43 bits per heavy atom. The van der Waals surface area contributed by atoms with E-state index in [1.165, 1.54) is 0 Å². The molecule has 1 aliphatic rings. The van der Waals surface area contributed by atoms with Crippen LogP contribution in [0.15, 0.2) is 91.0 Å². The first-order chi connectivity index (χ1) is 14.6. The second-order valence-corrected chi connectivity index (χ2v) is 8.07. The zero-order chi connectivity index (χ0) is 21.0. The van der Waals surface area contributed by atoms with Crippen molar-refractivity contribution in [3.63, 3.8) is 0 Å². The number of carbonyl (C=O) groups excluding carboxylic acids is 1. The SMILES string of the molecule is NC(=O)C(c1ccccc1)(c1ccccc1)[C@H](CN1CC[C@@H](O)C1)c1ccccc1. The summed E-state index contributed by atoms with van der Waals surface area (Å²) >= 11 is 0. The second-order valence-electron chi connectivity index (χ2n) is 8.07. The number of nitrogens with zero attached hydrogens (tertiary/aromatic N) is 1. The van der Waals surface area contributed by atoms with Gasteiger partial charge in [0.2, 0.25) is 5.91 Å². The summed E-state index contributed by atoms with van der Waals surface area (Å²) in [7, 11) is 0. The number of carbonyl (C=O) groups is 1. The van der Waals surface area contributed by atoms with Gasteiger partial charge in [0, 0.05) is 25.6 Å². The summed E-state index contributed by atoms with van der Waals surface area (Å²) in [5.41, 5.74) is 8.07. The summed E-state index contributed by atoms with van der Waals surface area (Å²) in [6, 6.07) is 29.8. The smallest absolute Gasteiger partial charge is 0.233 e. The van der Waals surface area contributed by atoms with E-state index in [0.29, 0.717) is 13.1 Å². The third-order valence-electron chi connectivity index (χ3n) is 6.26. The molecule has 30 heavy (non-hydrogen) atoms. The summed E-state index contributed by atoms with van der Waals surface area (Å²) in [4.78, 5) is 15.7. The van der Waals surface area contributed by atoms with Gasteiger partial charge in [-0.3, -0.25) is 4.79 Å². The number of primary amides is 1. The molecule has 1 aliphatic heterocycles. The fourth-order valence-electron chi connectivity index (χ4n) is 4.84. The van der Waals surface area contributed by atoms with Crippen molar-refractivity contribution in [3.05, 3.63) is 108 Å². The standard InChI is InChI=1S/C26H28N2O2/c27-25(30)26(21-12-6-2-7-13-21,22-14-8-3-9-15-22)24(20-10-4-1-5-11-20)19-28-17-16-23(29)18-28/h1-15,23-24,29H,16-19H2,(H2,27,30)/t23-,24-/m1/s1. The van der Waals surface area contributed by atoms with E-state index in [1.54, 1.807) is 0 Å². The molecule has 3 aromatic carbocycles. The Morgan fingerprint density at radius 1 is 0.933 bits per heavy atom. The largest absolute Gasteiger partial charge is 0.392 e. The third kappa shape index (κ3) is 3.76. The summed E-state index contributed by atoms with van der Waals surface area (Å²) in [5.74, 6) is -0.570. The maximum Gasteiger partial charge on any atom is 0.233 e. The van der Waals surface area contributed by atoms with E-state index < -0.39 is 5.41 Å². The first-order valence-electron chi connectivity index (χ1n) is 10.5. The van der Waals surface area contributed by atoms with E-state index in [9.17, 15) is 9.90 Å². The van der Waals surface area contributed by atoms with Crippen LogP contribution in [0.3, 0.4) is 0 Å². The number of hydrogen-bond acceptors (Lipinski definition) is 3. The molecule has 1 saturated heterocycles. The van der Waals surface area contributed by atoms with Gasteiger partial charge < -0.3 is 15.7 Å². The molecule has 0 spiro atoms. The number of amides is 1. The van der Waals surface area contributed by atoms with E-state index in [0.717, 1.165) is 29.7 Å². The van der Waals surface area contributed by atoms with E-state index >= 15 is 0 Å². The van der Waals surface area contributed by atoms with Crippen LogP contribution >= 0.6 is 0 Å². The Morgan fingerprint density at radius 3 is 1.87 bits per heavy atom. The van der Waals surface area contributed by atoms with Crippen molar-refractivity contribution < 1.29 is 9.90 Å². The number of likely N-dealkylation sites (tertiary alicyclic amines) is 1. The molecule has 0 radical (unpaired) electrons. The molecule has 1 heterocycles. The lowest BCUT2D eigenvalue weighted by Gasteiger charge is -2.41. The minimum Gasteiger partial charge on any atom is -0.392 e. The van der Waals surface area contributed by atoms with Gasteiger partial charge in [-0.1, -0.05) is 91.0 Å². The van der Waals surface area contributed by atoms with Gasteiger partial charge in [-0.15, -0.1) is 0 Å². The molecule has 0 aromatic heterocycles. The van der Waals surface area contributed by atoms with Crippen LogP contribution in [-0.2, 0) is 10.2 Å². The van der Waals surface area contributed by atoms with Gasteiger partial charge in [0.1, 0.15) is 5.41 Å².